The SMILES string of the molecule is O=c1c([N+](=O)[O-])c(Oc2ccccc2Cl)nc2ccccn12. The molecular formula is C14H8ClN3O4. The van der Waals surface area contributed by atoms with Crippen molar-refractivity contribution >= 4 is 22.9 Å². The van der Waals surface area contributed by atoms with Crippen LogP contribution in [0.15, 0.2) is 53.5 Å². The molecule has 110 valence electrons. The van der Waals surface area contributed by atoms with E-state index in [1.165, 1.54) is 12.3 Å². The van der Waals surface area contributed by atoms with Gasteiger partial charge in [-0.3, -0.25) is 19.3 Å². The van der Waals surface area contributed by atoms with Crippen molar-refractivity contribution in [2.45, 2.75) is 0 Å². The first-order chi connectivity index (χ1) is 10.6. The number of pyridine rings is 1. The van der Waals surface area contributed by atoms with Crippen LogP contribution in [0.5, 0.6) is 11.6 Å². The number of halogens is 1. The van der Waals surface area contributed by atoms with E-state index in [0.29, 0.717) is 0 Å². The van der Waals surface area contributed by atoms with Crippen LogP contribution in [-0.4, -0.2) is 14.3 Å². The highest BCUT2D eigenvalue weighted by molar-refractivity contribution is 6.32. The molecule has 0 atom stereocenters. The Labute approximate surface area is 128 Å². The van der Waals surface area contributed by atoms with Crippen molar-refractivity contribution < 1.29 is 9.66 Å². The maximum Gasteiger partial charge on any atom is 0.396 e. The van der Waals surface area contributed by atoms with Gasteiger partial charge in [-0.15, -0.1) is 0 Å². The molecule has 0 N–H and O–H groups in total. The number of hydrogen-bond acceptors (Lipinski definition) is 5. The molecule has 0 aliphatic rings. The summed E-state index contributed by atoms with van der Waals surface area (Å²) in [5.74, 6) is -0.214. The second-order valence-corrected chi connectivity index (χ2v) is 4.70. The lowest BCUT2D eigenvalue weighted by Gasteiger charge is -2.08. The van der Waals surface area contributed by atoms with E-state index < -0.39 is 22.0 Å². The van der Waals surface area contributed by atoms with E-state index in [0.717, 1.165) is 4.40 Å². The molecule has 0 fully saturated rings. The molecule has 1 aromatic carbocycles. The molecule has 2 heterocycles. The monoisotopic (exact) mass is 317 g/mol. The molecule has 7 nitrogen and oxygen atoms in total. The molecule has 2 aromatic heterocycles. The van der Waals surface area contributed by atoms with Crippen molar-refractivity contribution in [3.8, 4) is 11.6 Å². The molecule has 0 aliphatic heterocycles. The minimum Gasteiger partial charge on any atom is -0.432 e. The van der Waals surface area contributed by atoms with E-state index in [2.05, 4.69) is 4.98 Å². The Bertz CT molecular complexity index is 939. The standard InChI is InChI=1S/C14H8ClN3O4/c15-9-5-1-2-6-10(9)22-13-12(18(20)21)14(19)17-8-4-3-7-11(17)16-13/h1-8H. The number of ether oxygens (including phenoxy) is 1. The average Bonchev–Trinajstić information content (AvgIpc) is 2.49. The molecule has 0 radical (unpaired) electrons. The number of nitrogens with zero attached hydrogens (tertiary/aromatic N) is 3. The summed E-state index contributed by atoms with van der Waals surface area (Å²) in [4.78, 5) is 26.7. The fourth-order valence-electron chi connectivity index (χ4n) is 1.92. The summed E-state index contributed by atoms with van der Waals surface area (Å²) < 4.78 is 6.47. The molecule has 0 spiro atoms. The van der Waals surface area contributed by atoms with Crippen LogP contribution in [0.25, 0.3) is 5.65 Å². The van der Waals surface area contributed by atoms with Crippen molar-refractivity contribution in [1.29, 1.82) is 0 Å². The molecule has 0 aliphatic carbocycles. The summed E-state index contributed by atoms with van der Waals surface area (Å²) >= 11 is 5.96. The zero-order chi connectivity index (χ0) is 15.7. The number of aromatic nitrogens is 2. The molecular weight excluding hydrogens is 310 g/mol. The molecule has 3 rings (SSSR count). The normalized spacial score (nSPS) is 10.6. The van der Waals surface area contributed by atoms with E-state index in [1.54, 1.807) is 36.4 Å². The number of rotatable bonds is 3. The Kier molecular flexibility index (Phi) is 3.48. The summed E-state index contributed by atoms with van der Waals surface area (Å²) in [6.07, 6.45) is 1.40. The smallest absolute Gasteiger partial charge is 0.396 e. The third kappa shape index (κ3) is 2.38. The molecule has 3 aromatic rings. The molecule has 0 amide bonds. The predicted molar refractivity (Wildman–Crippen MR) is 79.6 cm³/mol. The summed E-state index contributed by atoms with van der Waals surface area (Å²) in [6.45, 7) is 0. The largest absolute Gasteiger partial charge is 0.432 e. The first-order valence-electron chi connectivity index (χ1n) is 6.16. The fraction of sp³-hybridized carbons (Fsp3) is 0. The van der Waals surface area contributed by atoms with Gasteiger partial charge in [-0.2, -0.15) is 4.98 Å². The van der Waals surface area contributed by atoms with Crippen molar-refractivity contribution in [3.63, 3.8) is 0 Å². The highest BCUT2D eigenvalue weighted by Crippen LogP contribution is 2.31. The summed E-state index contributed by atoms with van der Waals surface area (Å²) in [5, 5.41) is 11.5. The lowest BCUT2D eigenvalue weighted by Crippen LogP contribution is -2.19. The quantitative estimate of drug-likeness (QED) is 0.547. The maximum absolute atomic E-state index is 12.2. The van der Waals surface area contributed by atoms with Gasteiger partial charge in [0.2, 0.25) is 0 Å². The molecule has 0 saturated carbocycles. The van der Waals surface area contributed by atoms with E-state index in [1.807, 2.05) is 0 Å². The van der Waals surface area contributed by atoms with Gasteiger partial charge < -0.3 is 4.74 Å². The molecule has 22 heavy (non-hydrogen) atoms. The van der Waals surface area contributed by atoms with Gasteiger partial charge in [-0.1, -0.05) is 29.8 Å². The van der Waals surface area contributed by atoms with Crippen molar-refractivity contribution in [2.75, 3.05) is 0 Å². The lowest BCUT2D eigenvalue weighted by atomic mass is 10.3. The lowest BCUT2D eigenvalue weighted by molar-refractivity contribution is -0.387. The fourth-order valence-corrected chi connectivity index (χ4v) is 2.09. The average molecular weight is 318 g/mol. The zero-order valence-electron chi connectivity index (χ0n) is 11.0. The van der Waals surface area contributed by atoms with Crippen LogP contribution in [0.1, 0.15) is 0 Å². The Balaban J connectivity index is 2.24. The van der Waals surface area contributed by atoms with Crippen molar-refractivity contribution in [2.24, 2.45) is 0 Å². The van der Waals surface area contributed by atoms with Crippen LogP contribution in [0.4, 0.5) is 5.69 Å². The van der Waals surface area contributed by atoms with Crippen LogP contribution in [0, 0.1) is 10.1 Å². The van der Waals surface area contributed by atoms with Gasteiger partial charge in [-0.05, 0) is 24.3 Å². The minimum absolute atomic E-state index is 0.180. The highest BCUT2D eigenvalue weighted by atomic mass is 35.5. The zero-order valence-corrected chi connectivity index (χ0v) is 11.7. The minimum atomic E-state index is -0.822. The van der Waals surface area contributed by atoms with Gasteiger partial charge in [-0.25, -0.2) is 0 Å². The molecule has 0 unspecified atom stereocenters. The third-order valence-electron chi connectivity index (χ3n) is 2.90. The Morgan fingerprint density at radius 1 is 1.18 bits per heavy atom. The van der Waals surface area contributed by atoms with E-state index in [4.69, 9.17) is 16.3 Å². The van der Waals surface area contributed by atoms with Crippen LogP contribution >= 0.6 is 11.6 Å². The van der Waals surface area contributed by atoms with E-state index in [-0.39, 0.29) is 16.4 Å². The van der Waals surface area contributed by atoms with E-state index >= 15 is 0 Å². The Morgan fingerprint density at radius 2 is 1.91 bits per heavy atom. The number of benzene rings is 1. The summed E-state index contributed by atoms with van der Waals surface area (Å²) in [6, 6.07) is 11.2. The number of fused-ring (bicyclic) bond motifs is 1. The van der Waals surface area contributed by atoms with Gasteiger partial charge in [0, 0.05) is 6.20 Å². The first kappa shape index (κ1) is 14.0. The number of nitro groups is 1. The second kappa shape index (κ2) is 5.45. The molecule has 8 heteroatoms. The van der Waals surface area contributed by atoms with Crippen LogP contribution in [0.2, 0.25) is 5.02 Å². The van der Waals surface area contributed by atoms with E-state index in [9.17, 15) is 14.9 Å². The van der Waals surface area contributed by atoms with Crippen molar-refractivity contribution in [1.82, 2.24) is 9.38 Å². The van der Waals surface area contributed by atoms with Crippen LogP contribution in [0.3, 0.4) is 0 Å². The van der Waals surface area contributed by atoms with Crippen LogP contribution in [-0.2, 0) is 0 Å². The number of hydrogen-bond donors (Lipinski definition) is 0. The van der Waals surface area contributed by atoms with Gasteiger partial charge >= 0.3 is 17.1 Å². The summed E-state index contributed by atoms with van der Waals surface area (Å²) in [5.41, 5.74) is -1.33. The van der Waals surface area contributed by atoms with Gasteiger partial charge in [0.25, 0.3) is 0 Å². The van der Waals surface area contributed by atoms with Gasteiger partial charge in [0.1, 0.15) is 11.4 Å². The second-order valence-electron chi connectivity index (χ2n) is 4.29. The van der Waals surface area contributed by atoms with Crippen molar-refractivity contribution in [3.05, 3.63) is 74.2 Å². The number of para-hydroxylation sites is 1. The third-order valence-corrected chi connectivity index (χ3v) is 3.22. The van der Waals surface area contributed by atoms with Gasteiger partial charge in [0.15, 0.2) is 0 Å². The predicted octanol–water partition coefficient (Wildman–Crippen LogP) is 3.05. The Morgan fingerprint density at radius 3 is 2.64 bits per heavy atom. The Hall–Kier alpha value is -2.93. The molecule has 0 saturated heterocycles. The van der Waals surface area contributed by atoms with Gasteiger partial charge in [0.05, 0.1) is 9.95 Å². The highest BCUT2D eigenvalue weighted by Gasteiger charge is 2.26. The summed E-state index contributed by atoms with van der Waals surface area (Å²) in [7, 11) is 0. The maximum atomic E-state index is 12.2. The van der Waals surface area contributed by atoms with Crippen LogP contribution < -0.4 is 10.3 Å². The topological polar surface area (TPSA) is 86.7 Å². The molecule has 0 bridgehead atoms. The first-order valence-corrected chi connectivity index (χ1v) is 6.54.